The van der Waals surface area contributed by atoms with Gasteiger partial charge in [-0.2, -0.15) is 0 Å². The number of rotatable bonds is 3. The third-order valence-corrected chi connectivity index (χ3v) is 4.82. The Bertz CT molecular complexity index is 298. The molecule has 2 fully saturated rings. The summed E-state index contributed by atoms with van der Waals surface area (Å²) in [4.78, 5) is 2.60. The van der Waals surface area contributed by atoms with Gasteiger partial charge in [0.05, 0.1) is 18.8 Å². The highest BCUT2D eigenvalue weighted by Crippen LogP contribution is 2.35. The van der Waals surface area contributed by atoms with Crippen molar-refractivity contribution in [1.29, 1.82) is 0 Å². The first kappa shape index (κ1) is 15.2. The molecule has 4 heteroatoms. The molecular formula is C15H30N2O2. The predicted molar refractivity (Wildman–Crippen MR) is 77.2 cm³/mol. The van der Waals surface area contributed by atoms with Crippen LogP contribution in [-0.2, 0) is 9.47 Å². The molecule has 0 aliphatic carbocycles. The maximum atomic E-state index is 6.20. The number of hydrogen-bond acceptors (Lipinski definition) is 4. The SMILES string of the molecule is CC1CN(C2(CN)CCOC(C(C)C)C2)C(C)CO1. The van der Waals surface area contributed by atoms with Crippen molar-refractivity contribution in [3.63, 3.8) is 0 Å². The molecule has 2 saturated heterocycles. The summed E-state index contributed by atoms with van der Waals surface area (Å²) < 4.78 is 11.7. The van der Waals surface area contributed by atoms with E-state index in [0.29, 0.717) is 24.2 Å². The molecule has 0 spiro atoms. The van der Waals surface area contributed by atoms with Crippen LogP contribution in [0, 0.1) is 5.92 Å². The van der Waals surface area contributed by atoms with E-state index in [-0.39, 0.29) is 5.54 Å². The molecule has 2 heterocycles. The van der Waals surface area contributed by atoms with Gasteiger partial charge in [-0.15, -0.1) is 0 Å². The summed E-state index contributed by atoms with van der Waals surface area (Å²) in [5.74, 6) is 0.556. The molecule has 0 radical (unpaired) electrons. The maximum Gasteiger partial charge on any atom is 0.0675 e. The molecule has 4 atom stereocenters. The van der Waals surface area contributed by atoms with Crippen LogP contribution in [0.15, 0.2) is 0 Å². The van der Waals surface area contributed by atoms with Crippen molar-refractivity contribution >= 4 is 0 Å². The monoisotopic (exact) mass is 270 g/mol. The van der Waals surface area contributed by atoms with E-state index < -0.39 is 0 Å². The topological polar surface area (TPSA) is 47.7 Å². The van der Waals surface area contributed by atoms with E-state index in [1.165, 1.54) is 0 Å². The molecular weight excluding hydrogens is 240 g/mol. The Labute approximate surface area is 117 Å². The molecule has 2 N–H and O–H groups in total. The van der Waals surface area contributed by atoms with E-state index in [9.17, 15) is 0 Å². The van der Waals surface area contributed by atoms with Gasteiger partial charge in [-0.25, -0.2) is 0 Å². The lowest BCUT2D eigenvalue weighted by Gasteiger charge is -2.53. The predicted octanol–water partition coefficient (Wildman–Crippen LogP) is 1.63. The standard InChI is InChI=1S/C15H30N2O2/c1-11(2)14-7-15(10-16,5-6-18-14)17-8-13(4)19-9-12(17)3/h11-14H,5-10,16H2,1-4H3. The Hall–Kier alpha value is -0.160. The smallest absolute Gasteiger partial charge is 0.0675 e. The van der Waals surface area contributed by atoms with E-state index in [0.717, 1.165) is 39.1 Å². The van der Waals surface area contributed by atoms with Crippen LogP contribution < -0.4 is 5.73 Å². The van der Waals surface area contributed by atoms with Crippen molar-refractivity contribution in [2.75, 3.05) is 26.3 Å². The number of nitrogens with two attached hydrogens (primary N) is 1. The van der Waals surface area contributed by atoms with E-state index in [1.807, 2.05) is 0 Å². The van der Waals surface area contributed by atoms with Crippen LogP contribution in [-0.4, -0.2) is 55.0 Å². The molecule has 4 unspecified atom stereocenters. The zero-order chi connectivity index (χ0) is 14.0. The molecule has 19 heavy (non-hydrogen) atoms. The first-order chi connectivity index (χ1) is 8.98. The van der Waals surface area contributed by atoms with Crippen molar-refractivity contribution in [3.05, 3.63) is 0 Å². The molecule has 0 bridgehead atoms. The number of ether oxygens (including phenoxy) is 2. The zero-order valence-corrected chi connectivity index (χ0v) is 12.9. The highest BCUT2D eigenvalue weighted by atomic mass is 16.5. The van der Waals surface area contributed by atoms with Crippen LogP contribution in [0.25, 0.3) is 0 Å². The van der Waals surface area contributed by atoms with Gasteiger partial charge in [-0.05, 0) is 32.6 Å². The van der Waals surface area contributed by atoms with Gasteiger partial charge < -0.3 is 15.2 Å². The van der Waals surface area contributed by atoms with E-state index >= 15 is 0 Å². The largest absolute Gasteiger partial charge is 0.378 e. The average Bonchev–Trinajstić information content (AvgIpc) is 2.41. The highest BCUT2D eigenvalue weighted by Gasteiger charge is 2.45. The third-order valence-electron chi connectivity index (χ3n) is 4.82. The minimum absolute atomic E-state index is 0.102. The maximum absolute atomic E-state index is 6.20. The van der Waals surface area contributed by atoms with E-state index in [1.54, 1.807) is 0 Å². The second-order valence-corrected chi connectivity index (χ2v) is 6.68. The summed E-state index contributed by atoms with van der Waals surface area (Å²) in [6, 6.07) is 0.450. The minimum Gasteiger partial charge on any atom is -0.378 e. The van der Waals surface area contributed by atoms with Gasteiger partial charge in [0.15, 0.2) is 0 Å². The lowest BCUT2D eigenvalue weighted by Crippen LogP contribution is -2.65. The zero-order valence-electron chi connectivity index (χ0n) is 12.9. The van der Waals surface area contributed by atoms with Crippen molar-refractivity contribution in [3.8, 4) is 0 Å². The van der Waals surface area contributed by atoms with Gasteiger partial charge in [-0.1, -0.05) is 13.8 Å². The fraction of sp³-hybridized carbons (Fsp3) is 1.00. The van der Waals surface area contributed by atoms with Gasteiger partial charge in [0.25, 0.3) is 0 Å². The molecule has 2 aliphatic heterocycles. The summed E-state index contributed by atoms with van der Waals surface area (Å²) in [5, 5.41) is 0. The Morgan fingerprint density at radius 2 is 2.05 bits per heavy atom. The van der Waals surface area contributed by atoms with Gasteiger partial charge in [-0.3, -0.25) is 4.90 Å². The minimum atomic E-state index is 0.102. The second kappa shape index (κ2) is 6.08. The molecule has 2 aliphatic rings. The molecule has 4 nitrogen and oxygen atoms in total. The first-order valence-electron chi connectivity index (χ1n) is 7.68. The molecule has 0 amide bonds. The molecule has 0 aromatic carbocycles. The molecule has 112 valence electrons. The average molecular weight is 270 g/mol. The summed E-state index contributed by atoms with van der Waals surface area (Å²) in [6.45, 7) is 12.2. The highest BCUT2D eigenvalue weighted by molar-refractivity contribution is 5.00. The van der Waals surface area contributed by atoms with Crippen molar-refractivity contribution in [1.82, 2.24) is 4.90 Å². The van der Waals surface area contributed by atoms with Gasteiger partial charge in [0.1, 0.15) is 0 Å². The van der Waals surface area contributed by atoms with Crippen LogP contribution in [0.4, 0.5) is 0 Å². The summed E-state index contributed by atoms with van der Waals surface area (Å²) in [7, 11) is 0. The van der Waals surface area contributed by atoms with E-state index in [4.69, 9.17) is 15.2 Å². The van der Waals surface area contributed by atoms with Crippen LogP contribution in [0.2, 0.25) is 0 Å². The summed E-state index contributed by atoms with van der Waals surface area (Å²) in [6.07, 6.45) is 2.74. The van der Waals surface area contributed by atoms with Crippen LogP contribution in [0.3, 0.4) is 0 Å². The summed E-state index contributed by atoms with van der Waals surface area (Å²) >= 11 is 0. The van der Waals surface area contributed by atoms with Crippen molar-refractivity contribution < 1.29 is 9.47 Å². The van der Waals surface area contributed by atoms with Gasteiger partial charge in [0.2, 0.25) is 0 Å². The second-order valence-electron chi connectivity index (χ2n) is 6.68. The van der Waals surface area contributed by atoms with Crippen LogP contribution >= 0.6 is 0 Å². The Kier molecular flexibility index (Phi) is 4.88. The van der Waals surface area contributed by atoms with Crippen molar-refractivity contribution in [2.24, 2.45) is 11.7 Å². The Balaban J connectivity index is 2.16. The molecule has 0 saturated carbocycles. The summed E-state index contributed by atoms with van der Waals surface area (Å²) in [5.41, 5.74) is 6.30. The molecule has 2 rings (SSSR count). The fourth-order valence-corrected chi connectivity index (χ4v) is 3.49. The lowest BCUT2D eigenvalue weighted by atomic mass is 9.80. The third kappa shape index (κ3) is 3.13. The van der Waals surface area contributed by atoms with E-state index in [2.05, 4.69) is 32.6 Å². The van der Waals surface area contributed by atoms with Crippen molar-refractivity contribution in [2.45, 2.75) is 64.3 Å². The quantitative estimate of drug-likeness (QED) is 0.847. The van der Waals surface area contributed by atoms with Gasteiger partial charge >= 0.3 is 0 Å². The van der Waals surface area contributed by atoms with Gasteiger partial charge in [0, 0.05) is 31.3 Å². The fourth-order valence-electron chi connectivity index (χ4n) is 3.49. The number of nitrogens with zero attached hydrogens (tertiary/aromatic N) is 1. The normalized spacial score (nSPS) is 41.7. The Morgan fingerprint density at radius 3 is 2.68 bits per heavy atom. The molecule has 0 aromatic heterocycles. The number of morpholine rings is 1. The molecule has 0 aromatic rings. The van der Waals surface area contributed by atoms with Crippen LogP contribution in [0.1, 0.15) is 40.5 Å². The first-order valence-corrected chi connectivity index (χ1v) is 7.68. The van der Waals surface area contributed by atoms with Crippen LogP contribution in [0.5, 0.6) is 0 Å². The lowest BCUT2D eigenvalue weighted by molar-refractivity contribution is -0.141. The number of hydrogen-bond donors (Lipinski definition) is 1. The Morgan fingerprint density at radius 1 is 1.32 bits per heavy atom.